The number of likely N-dealkylation sites (tertiary alicyclic amines) is 1. The molecule has 4 aromatic rings. The van der Waals surface area contributed by atoms with Crippen LogP contribution in [0.5, 0.6) is 0 Å². The van der Waals surface area contributed by atoms with Crippen molar-refractivity contribution in [1.82, 2.24) is 39.8 Å². The molecule has 0 amide bonds. The second-order valence-corrected chi connectivity index (χ2v) is 10.7. The van der Waals surface area contributed by atoms with Crippen molar-refractivity contribution in [3.8, 4) is 17.1 Å². The Morgan fingerprint density at radius 1 is 0.872 bits per heavy atom. The molecule has 0 spiro atoms. The van der Waals surface area contributed by atoms with Crippen molar-refractivity contribution in [2.45, 2.75) is 51.0 Å². The van der Waals surface area contributed by atoms with Gasteiger partial charge >= 0.3 is 0 Å². The topological polar surface area (TPSA) is 127 Å². The summed E-state index contributed by atoms with van der Waals surface area (Å²) in [6.45, 7) is 4.49. The molecule has 5 heterocycles. The number of anilines is 4. The molecule has 2 fully saturated rings. The summed E-state index contributed by atoms with van der Waals surface area (Å²) in [5.41, 5.74) is 11.5. The maximum atomic E-state index is 6.23. The van der Waals surface area contributed by atoms with Gasteiger partial charge in [0.05, 0.1) is 23.8 Å². The first kappa shape index (κ1) is 24.0. The van der Waals surface area contributed by atoms with Crippen molar-refractivity contribution in [3.63, 3.8) is 0 Å². The van der Waals surface area contributed by atoms with Gasteiger partial charge < -0.3 is 20.9 Å². The lowest BCUT2D eigenvalue weighted by atomic mass is 10.0. The Balaban J connectivity index is 1.04. The molecule has 11 heteroatoms. The Bertz CT molecular complexity index is 1450. The number of hydrogen-bond donors (Lipinski definition) is 2. The normalized spacial score (nSPS) is 18.0. The minimum absolute atomic E-state index is 0.235. The number of aromatic nitrogens is 7. The zero-order valence-electron chi connectivity index (χ0n) is 22.0. The number of nitrogens with one attached hydrogen (secondary N) is 1. The minimum Gasteiger partial charge on any atom is -0.368 e. The van der Waals surface area contributed by atoms with E-state index in [9.17, 15) is 0 Å². The Kier molecular flexibility index (Phi) is 6.28. The molecule has 2 saturated heterocycles. The van der Waals surface area contributed by atoms with Crippen molar-refractivity contribution < 1.29 is 0 Å². The summed E-state index contributed by atoms with van der Waals surface area (Å²) in [6.07, 6.45) is 11.6. The molecule has 0 saturated carbocycles. The van der Waals surface area contributed by atoms with Gasteiger partial charge in [-0.05, 0) is 75.2 Å². The molecule has 3 aliphatic rings. The fraction of sp³-hybridized carbons (Fsp3) is 0.429. The molecule has 39 heavy (non-hydrogen) atoms. The van der Waals surface area contributed by atoms with Gasteiger partial charge in [0.2, 0.25) is 17.8 Å². The largest absolute Gasteiger partial charge is 0.368 e. The molecule has 200 valence electrons. The first-order valence-corrected chi connectivity index (χ1v) is 14.0. The lowest BCUT2D eigenvalue weighted by Gasteiger charge is -2.36. The van der Waals surface area contributed by atoms with Crippen LogP contribution in [-0.4, -0.2) is 72.1 Å². The molecule has 11 nitrogen and oxygen atoms in total. The predicted octanol–water partition coefficient (Wildman–Crippen LogP) is 3.39. The van der Waals surface area contributed by atoms with Gasteiger partial charge in [-0.25, -0.2) is 9.97 Å². The Morgan fingerprint density at radius 2 is 1.64 bits per heavy atom. The molecule has 0 unspecified atom stereocenters. The van der Waals surface area contributed by atoms with Gasteiger partial charge in [-0.2, -0.15) is 9.67 Å². The first-order valence-electron chi connectivity index (χ1n) is 14.0. The highest BCUT2D eigenvalue weighted by Gasteiger charge is 2.27. The third-order valence-electron chi connectivity index (χ3n) is 8.17. The smallest absolute Gasteiger partial charge is 0.248 e. The van der Waals surface area contributed by atoms with Crippen molar-refractivity contribution in [2.24, 2.45) is 0 Å². The second-order valence-electron chi connectivity index (χ2n) is 10.7. The van der Waals surface area contributed by atoms with Crippen LogP contribution in [0.15, 0.2) is 42.7 Å². The van der Waals surface area contributed by atoms with E-state index < -0.39 is 0 Å². The Morgan fingerprint density at radius 3 is 2.46 bits per heavy atom. The van der Waals surface area contributed by atoms with E-state index >= 15 is 0 Å². The number of fused-ring (bicyclic) bond motifs is 3. The minimum atomic E-state index is 0.235. The SMILES string of the molecule is Nc1nc(Nc2cnc(N3CCC(N4CCCC4)CC3)nc2)nn1-c1cc2c(nn1)-c1ccccc1CCC2. The van der Waals surface area contributed by atoms with Crippen LogP contribution >= 0.6 is 0 Å². The molecule has 0 bridgehead atoms. The van der Waals surface area contributed by atoms with Crippen LogP contribution in [0.3, 0.4) is 0 Å². The van der Waals surface area contributed by atoms with Crippen LogP contribution in [0, 0.1) is 0 Å². The van der Waals surface area contributed by atoms with Crippen LogP contribution in [-0.2, 0) is 12.8 Å². The van der Waals surface area contributed by atoms with Gasteiger partial charge in [0, 0.05) is 24.7 Å². The summed E-state index contributed by atoms with van der Waals surface area (Å²) >= 11 is 0. The van der Waals surface area contributed by atoms with Gasteiger partial charge in [0.15, 0.2) is 5.82 Å². The maximum Gasteiger partial charge on any atom is 0.248 e. The van der Waals surface area contributed by atoms with E-state index in [0.717, 1.165) is 55.1 Å². The van der Waals surface area contributed by atoms with Crippen LogP contribution in [0.2, 0.25) is 0 Å². The Hall–Kier alpha value is -4.12. The van der Waals surface area contributed by atoms with Crippen LogP contribution in [0.1, 0.15) is 43.2 Å². The lowest BCUT2D eigenvalue weighted by Crippen LogP contribution is -2.44. The highest BCUT2D eigenvalue weighted by molar-refractivity contribution is 5.68. The van der Waals surface area contributed by atoms with E-state index in [-0.39, 0.29) is 5.95 Å². The summed E-state index contributed by atoms with van der Waals surface area (Å²) in [4.78, 5) is 18.5. The van der Waals surface area contributed by atoms with E-state index in [4.69, 9.17) is 5.73 Å². The number of hydrogen-bond acceptors (Lipinski definition) is 10. The second kappa shape index (κ2) is 10.2. The molecule has 3 aromatic heterocycles. The third kappa shape index (κ3) is 4.78. The summed E-state index contributed by atoms with van der Waals surface area (Å²) in [7, 11) is 0. The van der Waals surface area contributed by atoms with E-state index in [1.165, 1.54) is 49.0 Å². The third-order valence-corrected chi connectivity index (χ3v) is 8.17. The first-order chi connectivity index (χ1) is 19.2. The number of aryl methyl sites for hydroxylation is 2. The number of benzene rings is 1. The number of nitrogens with two attached hydrogens (primary N) is 1. The van der Waals surface area contributed by atoms with Gasteiger partial charge in [-0.3, -0.25) is 0 Å². The molecule has 2 aliphatic heterocycles. The summed E-state index contributed by atoms with van der Waals surface area (Å²) in [5.74, 6) is 1.91. The number of nitrogens with zero attached hydrogens (tertiary/aromatic N) is 9. The van der Waals surface area contributed by atoms with Crippen molar-refractivity contribution in [3.05, 3.63) is 53.9 Å². The van der Waals surface area contributed by atoms with E-state index in [1.807, 2.05) is 12.1 Å². The average Bonchev–Trinajstić information content (AvgIpc) is 3.60. The molecule has 1 aliphatic carbocycles. The fourth-order valence-corrected chi connectivity index (χ4v) is 6.14. The van der Waals surface area contributed by atoms with Crippen LogP contribution in [0.4, 0.5) is 23.5 Å². The van der Waals surface area contributed by atoms with Gasteiger partial charge in [-0.1, -0.05) is 24.3 Å². The summed E-state index contributed by atoms with van der Waals surface area (Å²) in [6, 6.07) is 11.1. The van der Waals surface area contributed by atoms with Gasteiger partial charge in [0.25, 0.3) is 0 Å². The van der Waals surface area contributed by atoms with Gasteiger partial charge in [-0.15, -0.1) is 15.3 Å². The lowest BCUT2D eigenvalue weighted by molar-refractivity contribution is 0.207. The van der Waals surface area contributed by atoms with E-state index in [0.29, 0.717) is 23.5 Å². The Labute approximate surface area is 227 Å². The molecule has 0 atom stereocenters. The number of piperidine rings is 1. The zero-order chi connectivity index (χ0) is 26.2. The highest BCUT2D eigenvalue weighted by atomic mass is 15.5. The summed E-state index contributed by atoms with van der Waals surface area (Å²) < 4.78 is 1.52. The average molecular weight is 524 g/mol. The van der Waals surface area contributed by atoms with Crippen LogP contribution < -0.4 is 16.0 Å². The van der Waals surface area contributed by atoms with Crippen molar-refractivity contribution in [2.75, 3.05) is 42.1 Å². The number of rotatable bonds is 5. The molecular weight excluding hydrogens is 490 g/mol. The maximum absolute atomic E-state index is 6.23. The fourth-order valence-electron chi connectivity index (χ4n) is 6.14. The van der Waals surface area contributed by atoms with Crippen LogP contribution in [0.25, 0.3) is 17.1 Å². The van der Waals surface area contributed by atoms with E-state index in [1.54, 1.807) is 12.4 Å². The zero-order valence-corrected chi connectivity index (χ0v) is 22.0. The molecule has 1 aromatic carbocycles. The summed E-state index contributed by atoms with van der Waals surface area (Å²) in [5, 5.41) is 16.7. The van der Waals surface area contributed by atoms with Crippen molar-refractivity contribution >= 4 is 23.5 Å². The van der Waals surface area contributed by atoms with E-state index in [2.05, 4.69) is 63.6 Å². The molecule has 3 N–H and O–H groups in total. The molecule has 7 rings (SSSR count). The molecule has 0 radical (unpaired) electrons. The van der Waals surface area contributed by atoms with Gasteiger partial charge in [0.1, 0.15) is 0 Å². The highest BCUT2D eigenvalue weighted by Crippen LogP contribution is 2.31. The standard InChI is InChI=1S/C28H33N11/c29-26-33-27(32-21-17-30-28(31-18-21)38-14-10-22(11-15-38)37-12-3-4-13-37)36-39(26)24-16-20-8-5-7-19-6-1-2-9-23(19)25(20)35-34-24/h1-2,6,9,16-18,22H,3-5,7-8,10-15H2,(H3,29,32,33,36). The predicted molar refractivity (Wildman–Crippen MR) is 150 cm³/mol. The quantitative estimate of drug-likeness (QED) is 0.402. The molecular formula is C28H33N11. The number of nitrogen functional groups attached to an aromatic ring is 1. The van der Waals surface area contributed by atoms with Crippen molar-refractivity contribution in [1.29, 1.82) is 0 Å². The monoisotopic (exact) mass is 523 g/mol.